The first-order valence-corrected chi connectivity index (χ1v) is 9.03. The maximum atomic E-state index is 12.4. The highest BCUT2D eigenvalue weighted by molar-refractivity contribution is 8.00. The van der Waals surface area contributed by atoms with Crippen LogP contribution in [-0.4, -0.2) is 58.8 Å². The Kier molecular flexibility index (Phi) is 4.62. The van der Waals surface area contributed by atoms with Crippen molar-refractivity contribution < 1.29 is 9.59 Å². The number of anilines is 1. The molecule has 130 valence electrons. The van der Waals surface area contributed by atoms with E-state index in [2.05, 4.69) is 31.4 Å². The van der Waals surface area contributed by atoms with E-state index in [1.807, 2.05) is 29.2 Å². The van der Waals surface area contributed by atoms with Crippen molar-refractivity contribution in [3.8, 4) is 0 Å². The van der Waals surface area contributed by atoms with E-state index in [0.29, 0.717) is 26.2 Å². The fourth-order valence-corrected chi connectivity index (χ4v) is 3.93. The first kappa shape index (κ1) is 17.0. The normalized spacial score (nSPS) is 20.6. The van der Waals surface area contributed by atoms with Crippen LogP contribution in [0.15, 0.2) is 29.2 Å². The van der Waals surface area contributed by atoms with Gasteiger partial charge in [-0.15, -0.1) is 11.8 Å². The molecular formula is C17H24N4O2S. The molecule has 0 spiro atoms. The number of hydrogen-bond acceptors (Lipinski definition) is 3. The van der Waals surface area contributed by atoms with E-state index < -0.39 is 0 Å². The first-order chi connectivity index (χ1) is 11.3. The van der Waals surface area contributed by atoms with Gasteiger partial charge in [-0.3, -0.25) is 0 Å². The summed E-state index contributed by atoms with van der Waals surface area (Å²) in [7, 11) is 0. The van der Waals surface area contributed by atoms with Crippen LogP contribution in [0.3, 0.4) is 0 Å². The lowest BCUT2D eigenvalue weighted by atomic mass is 10.2. The van der Waals surface area contributed by atoms with Gasteiger partial charge in [0.05, 0.1) is 6.04 Å². The Morgan fingerprint density at radius 1 is 1.25 bits per heavy atom. The quantitative estimate of drug-likeness (QED) is 0.808. The predicted molar refractivity (Wildman–Crippen MR) is 96.5 cm³/mol. The van der Waals surface area contributed by atoms with Gasteiger partial charge in [0, 0.05) is 41.5 Å². The summed E-state index contributed by atoms with van der Waals surface area (Å²) in [6, 6.07) is 7.89. The minimum absolute atomic E-state index is 0.0213. The Morgan fingerprint density at radius 2 is 1.96 bits per heavy atom. The largest absolute Gasteiger partial charge is 0.336 e. The fraction of sp³-hybridized carbons (Fsp3) is 0.529. The molecule has 1 aromatic rings. The lowest BCUT2D eigenvalue weighted by Gasteiger charge is -2.36. The SMILES string of the molecule is CC(C)(C)Sc1ccc(NC(=O)N2CCN3C(=O)NC[C@@H]3C2)cc1. The molecule has 0 aliphatic carbocycles. The minimum Gasteiger partial charge on any atom is -0.336 e. The highest BCUT2D eigenvalue weighted by Gasteiger charge is 2.36. The molecule has 0 unspecified atom stereocenters. The van der Waals surface area contributed by atoms with Crippen molar-refractivity contribution in [3.05, 3.63) is 24.3 Å². The third-order valence-electron chi connectivity index (χ3n) is 4.05. The Bertz CT molecular complexity index is 626. The summed E-state index contributed by atoms with van der Waals surface area (Å²) in [4.78, 5) is 28.8. The molecule has 2 N–H and O–H groups in total. The molecule has 0 saturated carbocycles. The molecule has 7 heteroatoms. The summed E-state index contributed by atoms with van der Waals surface area (Å²) in [6.45, 7) is 8.86. The van der Waals surface area contributed by atoms with Crippen LogP contribution in [0.25, 0.3) is 0 Å². The molecule has 1 aromatic carbocycles. The van der Waals surface area contributed by atoms with Crippen LogP contribution in [0.5, 0.6) is 0 Å². The molecule has 1 atom stereocenters. The topological polar surface area (TPSA) is 64.7 Å². The second-order valence-corrected chi connectivity index (χ2v) is 9.05. The predicted octanol–water partition coefficient (Wildman–Crippen LogP) is 2.82. The Balaban J connectivity index is 1.56. The van der Waals surface area contributed by atoms with Crippen LogP contribution < -0.4 is 10.6 Å². The number of rotatable bonds is 2. The van der Waals surface area contributed by atoms with Crippen LogP contribution in [0.2, 0.25) is 0 Å². The molecule has 2 heterocycles. The van der Waals surface area contributed by atoms with Gasteiger partial charge in [-0.2, -0.15) is 0 Å². The van der Waals surface area contributed by atoms with Gasteiger partial charge in [0.2, 0.25) is 0 Å². The van der Waals surface area contributed by atoms with Crippen molar-refractivity contribution in [2.75, 3.05) is 31.5 Å². The van der Waals surface area contributed by atoms with Crippen LogP contribution in [-0.2, 0) is 0 Å². The van der Waals surface area contributed by atoms with Gasteiger partial charge in [0.25, 0.3) is 0 Å². The average molecular weight is 348 g/mol. The van der Waals surface area contributed by atoms with Crippen molar-refractivity contribution in [3.63, 3.8) is 0 Å². The van der Waals surface area contributed by atoms with E-state index in [4.69, 9.17) is 0 Å². The van der Waals surface area contributed by atoms with Crippen molar-refractivity contribution in [1.29, 1.82) is 0 Å². The molecule has 6 nitrogen and oxygen atoms in total. The van der Waals surface area contributed by atoms with Gasteiger partial charge in [0.15, 0.2) is 0 Å². The molecule has 2 fully saturated rings. The maximum absolute atomic E-state index is 12.4. The second-order valence-electron chi connectivity index (χ2n) is 7.15. The standard InChI is InChI=1S/C17H24N4O2S/c1-17(2,3)24-14-6-4-12(5-7-14)19-16(23)20-8-9-21-13(11-20)10-18-15(21)22/h4-7,13H,8-11H2,1-3H3,(H,18,22)(H,19,23)/t13-/m1/s1. The van der Waals surface area contributed by atoms with Crippen LogP contribution in [0, 0.1) is 0 Å². The molecule has 0 radical (unpaired) electrons. The molecular weight excluding hydrogens is 324 g/mol. The zero-order valence-corrected chi connectivity index (χ0v) is 15.2. The van der Waals surface area contributed by atoms with E-state index in [1.165, 1.54) is 4.90 Å². The number of fused-ring (bicyclic) bond motifs is 1. The van der Waals surface area contributed by atoms with Gasteiger partial charge >= 0.3 is 12.1 Å². The van der Waals surface area contributed by atoms with E-state index in [9.17, 15) is 9.59 Å². The molecule has 0 aromatic heterocycles. The molecule has 2 saturated heterocycles. The summed E-state index contributed by atoms with van der Waals surface area (Å²) < 4.78 is 0.164. The van der Waals surface area contributed by atoms with Gasteiger partial charge in [-0.05, 0) is 24.3 Å². The van der Waals surface area contributed by atoms with Crippen molar-refractivity contribution >= 4 is 29.5 Å². The summed E-state index contributed by atoms with van der Waals surface area (Å²) in [5.41, 5.74) is 0.793. The van der Waals surface area contributed by atoms with E-state index >= 15 is 0 Å². The van der Waals surface area contributed by atoms with Crippen molar-refractivity contribution in [1.82, 2.24) is 15.1 Å². The highest BCUT2D eigenvalue weighted by Crippen LogP contribution is 2.32. The number of nitrogens with zero attached hydrogens (tertiary/aromatic N) is 2. The summed E-state index contributed by atoms with van der Waals surface area (Å²) in [6.07, 6.45) is 0. The zero-order chi connectivity index (χ0) is 17.3. The van der Waals surface area contributed by atoms with E-state index in [1.54, 1.807) is 16.7 Å². The number of hydrogen-bond donors (Lipinski definition) is 2. The fourth-order valence-electron chi connectivity index (χ4n) is 2.95. The third-order valence-corrected chi connectivity index (χ3v) is 5.17. The van der Waals surface area contributed by atoms with Crippen LogP contribution in [0.4, 0.5) is 15.3 Å². The van der Waals surface area contributed by atoms with Gasteiger partial charge in [-0.25, -0.2) is 9.59 Å². The highest BCUT2D eigenvalue weighted by atomic mass is 32.2. The minimum atomic E-state index is -0.106. The lowest BCUT2D eigenvalue weighted by molar-refractivity contribution is 0.136. The van der Waals surface area contributed by atoms with Crippen molar-refractivity contribution in [2.24, 2.45) is 0 Å². The molecule has 4 amide bonds. The zero-order valence-electron chi connectivity index (χ0n) is 14.3. The molecule has 2 aliphatic heterocycles. The number of benzene rings is 1. The molecule has 0 bridgehead atoms. The summed E-state index contributed by atoms with van der Waals surface area (Å²) in [5.74, 6) is 0. The van der Waals surface area contributed by atoms with Gasteiger partial charge < -0.3 is 20.4 Å². The summed E-state index contributed by atoms with van der Waals surface area (Å²) in [5, 5.41) is 5.77. The lowest BCUT2D eigenvalue weighted by Crippen LogP contribution is -2.54. The second kappa shape index (κ2) is 6.55. The monoisotopic (exact) mass is 348 g/mol. The number of carbonyl (C=O) groups excluding carboxylic acids is 2. The van der Waals surface area contributed by atoms with E-state index in [-0.39, 0.29) is 22.9 Å². The number of thioether (sulfide) groups is 1. The first-order valence-electron chi connectivity index (χ1n) is 8.21. The van der Waals surface area contributed by atoms with Gasteiger partial charge in [-0.1, -0.05) is 20.8 Å². The molecule has 24 heavy (non-hydrogen) atoms. The Labute approximate surface area is 146 Å². The number of nitrogens with one attached hydrogen (secondary N) is 2. The van der Waals surface area contributed by atoms with Crippen molar-refractivity contribution in [2.45, 2.75) is 36.5 Å². The van der Waals surface area contributed by atoms with Gasteiger partial charge in [0.1, 0.15) is 0 Å². The number of carbonyl (C=O) groups is 2. The molecule has 3 rings (SSSR count). The third kappa shape index (κ3) is 3.95. The maximum Gasteiger partial charge on any atom is 0.321 e. The average Bonchev–Trinajstić information content (AvgIpc) is 2.88. The molecule has 2 aliphatic rings. The Morgan fingerprint density at radius 3 is 2.62 bits per heavy atom. The number of urea groups is 2. The smallest absolute Gasteiger partial charge is 0.321 e. The van der Waals surface area contributed by atoms with Crippen LogP contribution in [0.1, 0.15) is 20.8 Å². The number of piperazine rings is 1. The van der Waals surface area contributed by atoms with E-state index in [0.717, 1.165) is 5.69 Å². The van der Waals surface area contributed by atoms with Crippen LogP contribution >= 0.6 is 11.8 Å². The Hall–Kier alpha value is -1.89. The number of amides is 4. The summed E-state index contributed by atoms with van der Waals surface area (Å²) >= 11 is 1.80.